The molecule has 0 bridgehead atoms. The summed E-state index contributed by atoms with van der Waals surface area (Å²) in [6.07, 6.45) is -8.93. The monoisotopic (exact) mass is 504 g/mol. The van der Waals surface area contributed by atoms with E-state index < -0.39 is 36.0 Å². The molecular weight excluding hydrogens is 480 g/mol. The fourth-order valence-electron chi connectivity index (χ4n) is 3.38. The molecule has 190 valence electrons. The molecule has 5 nitrogen and oxygen atoms in total. The van der Waals surface area contributed by atoms with Gasteiger partial charge in [-0.2, -0.15) is 17.6 Å². The molecule has 0 fully saturated rings. The van der Waals surface area contributed by atoms with Gasteiger partial charge in [-0.25, -0.2) is 0 Å². The predicted molar refractivity (Wildman–Crippen MR) is 123 cm³/mol. The van der Waals surface area contributed by atoms with Crippen LogP contribution in [0.4, 0.5) is 17.6 Å². The van der Waals surface area contributed by atoms with Gasteiger partial charge in [0.1, 0.15) is 24.0 Å². The predicted octanol–water partition coefficient (Wildman–Crippen LogP) is 6.11. The van der Waals surface area contributed by atoms with Crippen LogP contribution in [0.15, 0.2) is 78.9 Å². The molecule has 3 rings (SSSR count). The van der Waals surface area contributed by atoms with E-state index in [1.54, 1.807) is 19.1 Å². The second-order valence-corrected chi connectivity index (χ2v) is 7.79. The summed E-state index contributed by atoms with van der Waals surface area (Å²) in [4.78, 5) is 25.9. The van der Waals surface area contributed by atoms with Crippen LogP contribution in [0.25, 0.3) is 0 Å². The van der Waals surface area contributed by atoms with Gasteiger partial charge in [-0.15, -0.1) is 0 Å². The van der Waals surface area contributed by atoms with E-state index in [9.17, 15) is 27.2 Å². The van der Waals surface area contributed by atoms with Crippen LogP contribution >= 0.6 is 0 Å². The summed E-state index contributed by atoms with van der Waals surface area (Å²) in [5.41, 5.74) is 1.37. The van der Waals surface area contributed by atoms with Crippen molar-refractivity contribution in [2.45, 2.75) is 32.5 Å². The minimum absolute atomic E-state index is 0.0204. The highest BCUT2D eigenvalue weighted by Crippen LogP contribution is 2.29. The highest BCUT2D eigenvalue weighted by atomic mass is 19.3. The number of hydrogen-bond donors (Lipinski definition) is 0. The first-order valence-corrected chi connectivity index (χ1v) is 11.1. The third kappa shape index (κ3) is 7.31. The molecule has 0 saturated carbocycles. The lowest BCUT2D eigenvalue weighted by Gasteiger charge is -2.18. The third-order valence-electron chi connectivity index (χ3n) is 5.10. The minimum atomic E-state index is -4.69. The lowest BCUT2D eigenvalue weighted by molar-refractivity contribution is -0.253. The van der Waals surface area contributed by atoms with Crippen molar-refractivity contribution < 1.29 is 41.4 Å². The molecule has 0 aliphatic rings. The number of ketones is 1. The maximum Gasteiger partial charge on any atom is 0.461 e. The first kappa shape index (κ1) is 26.7. The number of esters is 1. The number of halogens is 4. The molecule has 3 aromatic carbocycles. The Hall–Kier alpha value is -3.88. The second-order valence-electron chi connectivity index (χ2n) is 7.79. The SMILES string of the molecule is CCOC(=O)C(Cc1cccc(OC(F)(F)C(F)F)c1)C(=O)c1cccc(OCc2ccccc2)c1. The van der Waals surface area contributed by atoms with E-state index >= 15 is 0 Å². The molecule has 9 heteroatoms. The zero-order valence-corrected chi connectivity index (χ0v) is 19.3. The smallest absolute Gasteiger partial charge is 0.461 e. The van der Waals surface area contributed by atoms with Gasteiger partial charge in [0.15, 0.2) is 5.78 Å². The van der Waals surface area contributed by atoms with Gasteiger partial charge < -0.3 is 14.2 Å². The van der Waals surface area contributed by atoms with Crippen molar-refractivity contribution in [2.75, 3.05) is 6.61 Å². The maximum atomic E-state index is 13.3. The Balaban J connectivity index is 1.79. The number of benzene rings is 3. The fraction of sp³-hybridized carbons (Fsp3) is 0.259. The molecule has 0 aliphatic heterocycles. The molecule has 0 N–H and O–H groups in total. The van der Waals surface area contributed by atoms with Crippen LogP contribution in [-0.2, 0) is 22.6 Å². The number of hydrogen-bond acceptors (Lipinski definition) is 5. The summed E-state index contributed by atoms with van der Waals surface area (Å²) >= 11 is 0. The summed E-state index contributed by atoms with van der Waals surface area (Å²) in [5, 5.41) is 0. The van der Waals surface area contributed by atoms with Crippen molar-refractivity contribution in [3.63, 3.8) is 0 Å². The Morgan fingerprint density at radius 2 is 1.53 bits per heavy atom. The molecular formula is C27H24F4O5. The van der Waals surface area contributed by atoms with Gasteiger partial charge in [-0.05, 0) is 48.7 Å². The number of carbonyl (C=O) groups is 2. The molecule has 0 radical (unpaired) electrons. The average Bonchev–Trinajstić information content (AvgIpc) is 2.86. The van der Waals surface area contributed by atoms with Gasteiger partial charge >= 0.3 is 18.5 Å². The third-order valence-corrected chi connectivity index (χ3v) is 5.10. The van der Waals surface area contributed by atoms with Gasteiger partial charge in [-0.1, -0.05) is 54.6 Å². The number of alkyl halides is 4. The molecule has 0 aliphatic carbocycles. The van der Waals surface area contributed by atoms with Gasteiger partial charge in [-0.3, -0.25) is 9.59 Å². The highest BCUT2D eigenvalue weighted by Gasteiger charge is 2.44. The summed E-state index contributed by atoms with van der Waals surface area (Å²) < 4.78 is 66.5. The first-order valence-electron chi connectivity index (χ1n) is 11.1. The van der Waals surface area contributed by atoms with Crippen molar-refractivity contribution in [3.8, 4) is 11.5 Å². The second kappa shape index (κ2) is 12.2. The topological polar surface area (TPSA) is 61.8 Å². The quantitative estimate of drug-likeness (QED) is 0.129. The Bertz CT molecular complexity index is 1170. The van der Waals surface area contributed by atoms with Gasteiger partial charge in [0.2, 0.25) is 0 Å². The van der Waals surface area contributed by atoms with Gasteiger partial charge in [0, 0.05) is 5.56 Å². The lowest BCUT2D eigenvalue weighted by Crippen LogP contribution is -2.33. The molecule has 0 saturated heterocycles. The fourth-order valence-corrected chi connectivity index (χ4v) is 3.38. The van der Waals surface area contributed by atoms with Crippen molar-refractivity contribution in [3.05, 3.63) is 95.6 Å². The molecule has 0 aromatic heterocycles. The van der Waals surface area contributed by atoms with Crippen molar-refractivity contribution in [2.24, 2.45) is 5.92 Å². The van der Waals surface area contributed by atoms with Crippen molar-refractivity contribution in [1.82, 2.24) is 0 Å². The van der Waals surface area contributed by atoms with Crippen molar-refractivity contribution >= 4 is 11.8 Å². The van der Waals surface area contributed by atoms with Gasteiger partial charge in [0.25, 0.3) is 0 Å². The van der Waals surface area contributed by atoms with E-state index in [-0.39, 0.29) is 30.8 Å². The van der Waals surface area contributed by atoms with Crippen LogP contribution in [-0.4, -0.2) is 30.9 Å². The van der Waals surface area contributed by atoms with E-state index in [4.69, 9.17) is 9.47 Å². The Morgan fingerprint density at radius 3 is 2.22 bits per heavy atom. The molecule has 3 aromatic rings. The van der Waals surface area contributed by atoms with Crippen molar-refractivity contribution in [1.29, 1.82) is 0 Å². The van der Waals surface area contributed by atoms with Gasteiger partial charge in [0.05, 0.1) is 6.61 Å². The summed E-state index contributed by atoms with van der Waals surface area (Å²) in [6, 6.07) is 20.6. The number of carbonyl (C=O) groups excluding carboxylic acids is 2. The zero-order valence-electron chi connectivity index (χ0n) is 19.3. The van der Waals surface area contributed by atoms with E-state index in [2.05, 4.69) is 4.74 Å². The summed E-state index contributed by atoms with van der Waals surface area (Å²) in [7, 11) is 0. The molecule has 1 atom stereocenters. The normalized spacial score (nSPS) is 12.2. The Kier molecular flexibility index (Phi) is 9.05. The Morgan fingerprint density at radius 1 is 0.861 bits per heavy atom. The van der Waals surface area contributed by atoms with Crippen LogP contribution in [0.5, 0.6) is 11.5 Å². The minimum Gasteiger partial charge on any atom is -0.489 e. The molecule has 0 amide bonds. The van der Waals surface area contributed by atoms with Crippen LogP contribution < -0.4 is 9.47 Å². The average molecular weight is 504 g/mol. The molecule has 1 unspecified atom stereocenters. The van der Waals surface area contributed by atoms with E-state index in [0.29, 0.717) is 5.75 Å². The number of ether oxygens (including phenoxy) is 3. The van der Waals surface area contributed by atoms with E-state index in [1.165, 1.54) is 24.3 Å². The largest absolute Gasteiger partial charge is 0.489 e. The lowest BCUT2D eigenvalue weighted by atomic mass is 9.91. The number of Topliss-reactive ketones (excluding diaryl/α,β-unsaturated/α-hetero) is 1. The zero-order chi connectivity index (χ0) is 26.1. The molecule has 36 heavy (non-hydrogen) atoms. The molecule has 0 spiro atoms. The number of rotatable bonds is 12. The summed E-state index contributed by atoms with van der Waals surface area (Å²) in [5.74, 6) is -2.79. The Labute approximate surface area is 205 Å². The van der Waals surface area contributed by atoms with Crippen LogP contribution in [0.2, 0.25) is 0 Å². The van der Waals surface area contributed by atoms with Crippen LogP contribution in [0, 0.1) is 5.92 Å². The molecule has 0 heterocycles. The summed E-state index contributed by atoms with van der Waals surface area (Å²) in [6.45, 7) is 1.88. The van der Waals surface area contributed by atoms with E-state index in [1.807, 2.05) is 30.3 Å². The van der Waals surface area contributed by atoms with Crippen LogP contribution in [0.1, 0.15) is 28.4 Å². The first-order chi connectivity index (χ1) is 17.2. The standard InChI is InChI=1S/C27H24F4O5/c1-2-34-25(33)23(15-19-10-6-13-22(14-19)36-27(30,31)26(28)29)24(32)20-11-7-12-21(16-20)35-17-18-8-4-3-5-9-18/h3-14,16,23,26H,2,15,17H2,1H3. The van der Waals surface area contributed by atoms with E-state index in [0.717, 1.165) is 17.7 Å². The van der Waals surface area contributed by atoms with Crippen LogP contribution in [0.3, 0.4) is 0 Å². The maximum absolute atomic E-state index is 13.3. The highest BCUT2D eigenvalue weighted by molar-refractivity contribution is 6.09.